The third-order valence-electron chi connectivity index (χ3n) is 5.59. The Balaban J connectivity index is 1.90. The molecule has 8 heteroatoms. The summed E-state index contributed by atoms with van der Waals surface area (Å²) < 4.78 is 1.30. The van der Waals surface area contributed by atoms with E-state index in [9.17, 15) is 14.4 Å². The zero-order valence-corrected chi connectivity index (χ0v) is 17.9. The number of anilines is 2. The van der Waals surface area contributed by atoms with Gasteiger partial charge in [0, 0.05) is 19.6 Å². The van der Waals surface area contributed by atoms with E-state index in [1.54, 1.807) is 6.92 Å². The molecule has 162 valence electrons. The van der Waals surface area contributed by atoms with E-state index in [4.69, 9.17) is 5.73 Å². The topological polar surface area (TPSA) is 104 Å². The number of carbonyl (C=O) groups excluding carboxylic acids is 1. The molecule has 3 N–H and O–H groups in total. The van der Waals surface area contributed by atoms with E-state index in [-0.39, 0.29) is 37.0 Å². The summed E-state index contributed by atoms with van der Waals surface area (Å²) in [6.07, 6.45) is 1.15. The molecule has 0 aliphatic carbocycles. The average Bonchev–Trinajstić information content (AvgIpc) is 2.68. The van der Waals surface area contributed by atoms with E-state index in [1.165, 1.54) is 9.47 Å². The summed E-state index contributed by atoms with van der Waals surface area (Å²) in [5.41, 5.74) is 5.94. The summed E-state index contributed by atoms with van der Waals surface area (Å²) in [6, 6.07) is 9.36. The van der Waals surface area contributed by atoms with Crippen LogP contribution in [0.4, 0.5) is 11.5 Å². The van der Waals surface area contributed by atoms with Gasteiger partial charge in [-0.15, -0.1) is 0 Å². The van der Waals surface area contributed by atoms with Crippen molar-refractivity contribution >= 4 is 17.4 Å². The van der Waals surface area contributed by atoms with E-state index >= 15 is 0 Å². The number of aromatic amines is 1. The highest BCUT2D eigenvalue weighted by Gasteiger charge is 2.28. The second kappa shape index (κ2) is 9.30. The molecule has 2 heterocycles. The maximum Gasteiger partial charge on any atom is 0.330 e. The van der Waals surface area contributed by atoms with Gasteiger partial charge in [-0.2, -0.15) is 0 Å². The molecule has 2 aromatic rings. The number of nitrogens with one attached hydrogen (secondary N) is 1. The molecular weight excluding hydrogens is 382 g/mol. The highest BCUT2D eigenvalue weighted by atomic mass is 16.2. The molecule has 1 aliphatic rings. The van der Waals surface area contributed by atoms with E-state index in [2.05, 4.69) is 23.7 Å². The molecular formula is C22H31N5O3. The van der Waals surface area contributed by atoms with E-state index in [1.807, 2.05) is 30.3 Å². The van der Waals surface area contributed by atoms with Crippen LogP contribution < -0.4 is 21.9 Å². The van der Waals surface area contributed by atoms with Crippen LogP contribution >= 0.6 is 0 Å². The van der Waals surface area contributed by atoms with Crippen molar-refractivity contribution in [1.82, 2.24) is 14.5 Å². The Morgan fingerprint density at radius 3 is 2.40 bits per heavy atom. The summed E-state index contributed by atoms with van der Waals surface area (Å²) >= 11 is 0. The fourth-order valence-corrected chi connectivity index (χ4v) is 4.42. The lowest BCUT2D eigenvalue weighted by atomic mass is 9.92. The number of aromatic nitrogens is 2. The number of likely N-dealkylation sites (tertiary alicyclic amines) is 1. The number of hydrogen-bond donors (Lipinski definition) is 2. The van der Waals surface area contributed by atoms with Gasteiger partial charge in [0.1, 0.15) is 5.82 Å². The predicted octanol–water partition coefficient (Wildman–Crippen LogP) is 1.50. The Morgan fingerprint density at radius 1 is 1.17 bits per heavy atom. The van der Waals surface area contributed by atoms with Gasteiger partial charge in [-0.1, -0.05) is 44.2 Å². The van der Waals surface area contributed by atoms with Gasteiger partial charge in [-0.05, 0) is 30.7 Å². The van der Waals surface area contributed by atoms with Crippen LogP contribution in [0.25, 0.3) is 0 Å². The molecule has 1 fully saturated rings. The third-order valence-corrected chi connectivity index (χ3v) is 5.59. The Labute approximate surface area is 176 Å². The molecule has 8 nitrogen and oxygen atoms in total. The standard InChI is InChI=1S/C22H31N5O3/c1-4-26(18(28)14-25-11-15(2)10-16(3)12-25)19-20(23)27(22(30)24-21(19)29)13-17-8-6-5-7-9-17/h5-9,15-16H,4,10-14,23H2,1-3H3,(H,24,29,30)/t15-,16+. The minimum Gasteiger partial charge on any atom is -0.383 e. The van der Waals surface area contributed by atoms with Crippen molar-refractivity contribution in [2.24, 2.45) is 11.8 Å². The Morgan fingerprint density at radius 2 is 1.80 bits per heavy atom. The lowest BCUT2D eigenvalue weighted by Crippen LogP contribution is -2.48. The van der Waals surface area contributed by atoms with Crippen molar-refractivity contribution in [2.45, 2.75) is 33.7 Å². The minimum atomic E-state index is -0.641. The van der Waals surface area contributed by atoms with Gasteiger partial charge >= 0.3 is 5.69 Å². The third kappa shape index (κ3) is 4.81. The Kier molecular flexibility index (Phi) is 6.77. The number of benzene rings is 1. The molecule has 0 radical (unpaired) electrons. The molecule has 1 aliphatic heterocycles. The van der Waals surface area contributed by atoms with Crippen molar-refractivity contribution in [3.63, 3.8) is 0 Å². The van der Waals surface area contributed by atoms with Gasteiger partial charge in [-0.3, -0.25) is 24.0 Å². The molecule has 1 aromatic carbocycles. The fraction of sp³-hybridized carbons (Fsp3) is 0.500. The number of nitrogens with zero attached hydrogens (tertiary/aromatic N) is 3. The van der Waals surface area contributed by atoms with E-state index in [0.717, 1.165) is 25.1 Å². The van der Waals surface area contributed by atoms with Crippen molar-refractivity contribution in [3.8, 4) is 0 Å². The molecule has 1 aromatic heterocycles. The number of rotatable bonds is 6. The van der Waals surface area contributed by atoms with Crippen LogP contribution in [0.2, 0.25) is 0 Å². The van der Waals surface area contributed by atoms with Gasteiger partial charge < -0.3 is 10.6 Å². The molecule has 30 heavy (non-hydrogen) atoms. The van der Waals surface area contributed by atoms with Gasteiger partial charge in [0.15, 0.2) is 5.69 Å². The smallest absolute Gasteiger partial charge is 0.330 e. The quantitative estimate of drug-likeness (QED) is 0.747. The highest BCUT2D eigenvalue weighted by molar-refractivity contribution is 5.96. The van der Waals surface area contributed by atoms with E-state index < -0.39 is 11.2 Å². The lowest BCUT2D eigenvalue weighted by Gasteiger charge is -2.35. The minimum absolute atomic E-state index is 0.00295. The number of nitrogens with two attached hydrogens (primary N) is 1. The number of likely N-dealkylation sites (N-methyl/N-ethyl adjacent to an activating group) is 1. The van der Waals surface area contributed by atoms with Gasteiger partial charge in [-0.25, -0.2) is 4.79 Å². The molecule has 2 atom stereocenters. The van der Waals surface area contributed by atoms with Gasteiger partial charge in [0.05, 0.1) is 13.1 Å². The first-order valence-electron chi connectivity index (χ1n) is 10.5. The Hall–Kier alpha value is -2.87. The Bertz CT molecular complexity index is 988. The summed E-state index contributed by atoms with van der Waals surface area (Å²) in [5.74, 6) is 0.861. The van der Waals surface area contributed by atoms with Gasteiger partial charge in [0.25, 0.3) is 5.56 Å². The van der Waals surface area contributed by atoms with Crippen LogP contribution in [0.3, 0.4) is 0 Å². The number of piperidine rings is 1. The maximum absolute atomic E-state index is 13.1. The number of H-pyrrole nitrogens is 1. The zero-order valence-electron chi connectivity index (χ0n) is 17.9. The molecule has 1 amide bonds. The van der Waals surface area contributed by atoms with Gasteiger partial charge in [0.2, 0.25) is 5.91 Å². The molecule has 3 rings (SSSR count). The zero-order chi connectivity index (χ0) is 21.8. The van der Waals surface area contributed by atoms with Crippen LogP contribution in [0.15, 0.2) is 39.9 Å². The largest absolute Gasteiger partial charge is 0.383 e. The monoisotopic (exact) mass is 413 g/mol. The first kappa shape index (κ1) is 21.8. The van der Waals surface area contributed by atoms with Crippen LogP contribution in [0.5, 0.6) is 0 Å². The SMILES string of the molecule is CCN(C(=O)CN1C[C@H](C)C[C@H](C)C1)c1c(N)n(Cc2ccccc2)c(=O)[nH]c1=O. The summed E-state index contributed by atoms with van der Waals surface area (Å²) in [4.78, 5) is 44.0. The van der Waals surface area contributed by atoms with Crippen LogP contribution in [0, 0.1) is 11.8 Å². The number of nitrogen functional groups attached to an aromatic ring is 1. The summed E-state index contributed by atoms with van der Waals surface area (Å²) in [6.45, 7) is 8.60. The first-order chi connectivity index (χ1) is 14.3. The lowest BCUT2D eigenvalue weighted by molar-refractivity contribution is -0.120. The van der Waals surface area contributed by atoms with Crippen molar-refractivity contribution in [3.05, 3.63) is 56.7 Å². The molecule has 0 saturated carbocycles. The first-order valence-corrected chi connectivity index (χ1v) is 10.5. The number of amides is 1. The van der Waals surface area contributed by atoms with Crippen molar-refractivity contribution < 1.29 is 4.79 Å². The molecule has 0 spiro atoms. The van der Waals surface area contributed by atoms with Crippen LogP contribution in [-0.4, -0.2) is 46.5 Å². The van der Waals surface area contributed by atoms with Crippen LogP contribution in [0.1, 0.15) is 32.8 Å². The van der Waals surface area contributed by atoms with Crippen LogP contribution in [-0.2, 0) is 11.3 Å². The maximum atomic E-state index is 13.1. The predicted molar refractivity (Wildman–Crippen MR) is 119 cm³/mol. The highest BCUT2D eigenvalue weighted by Crippen LogP contribution is 2.22. The second-order valence-electron chi connectivity index (χ2n) is 8.34. The molecule has 0 unspecified atom stereocenters. The van der Waals surface area contributed by atoms with E-state index in [0.29, 0.717) is 11.8 Å². The average molecular weight is 414 g/mol. The second-order valence-corrected chi connectivity index (χ2v) is 8.34. The number of hydrogen-bond acceptors (Lipinski definition) is 5. The van der Waals surface area contributed by atoms with Crippen molar-refractivity contribution in [1.29, 1.82) is 0 Å². The summed E-state index contributed by atoms with van der Waals surface area (Å²) in [5, 5.41) is 0. The molecule has 1 saturated heterocycles. The summed E-state index contributed by atoms with van der Waals surface area (Å²) in [7, 11) is 0. The fourth-order valence-electron chi connectivity index (χ4n) is 4.42. The molecule has 0 bridgehead atoms. The number of carbonyl (C=O) groups is 1. The van der Waals surface area contributed by atoms with Crippen molar-refractivity contribution in [2.75, 3.05) is 36.8 Å². The normalized spacial score (nSPS) is 19.6.